The van der Waals surface area contributed by atoms with Gasteiger partial charge in [-0.05, 0) is 32.6 Å². The molecule has 108 valence electrons. The van der Waals surface area contributed by atoms with Gasteiger partial charge in [0.1, 0.15) is 6.26 Å². The molecule has 1 rings (SSSR count). The molecular formula is C14H23NO4. The molecule has 0 bridgehead atoms. The average molecular weight is 269 g/mol. The average Bonchev–Trinajstić information content (AvgIpc) is 2.75. The molecule has 1 atom stereocenters. The Morgan fingerprint density at radius 2 is 2.26 bits per heavy atom. The number of carbonyl (C=O) groups excluding carboxylic acids is 1. The summed E-state index contributed by atoms with van der Waals surface area (Å²) in [5.41, 5.74) is -0.724. The first-order valence-corrected chi connectivity index (χ1v) is 6.68. The van der Waals surface area contributed by atoms with Crippen molar-refractivity contribution in [3.8, 4) is 0 Å². The van der Waals surface area contributed by atoms with E-state index in [0.29, 0.717) is 31.3 Å². The Kier molecular flexibility index (Phi) is 5.54. The first kappa shape index (κ1) is 15.7. The molecule has 0 aliphatic rings. The van der Waals surface area contributed by atoms with Crippen molar-refractivity contribution in [2.45, 2.75) is 52.6 Å². The summed E-state index contributed by atoms with van der Waals surface area (Å²) in [7, 11) is 0. The second kappa shape index (κ2) is 6.70. The van der Waals surface area contributed by atoms with Crippen molar-refractivity contribution in [3.63, 3.8) is 0 Å². The molecular weight excluding hydrogens is 246 g/mol. The summed E-state index contributed by atoms with van der Waals surface area (Å²) in [5.74, 6) is 0.391. The number of nitrogens with zero attached hydrogens (tertiary/aromatic N) is 1. The van der Waals surface area contributed by atoms with Gasteiger partial charge in [-0.2, -0.15) is 0 Å². The van der Waals surface area contributed by atoms with Gasteiger partial charge in [0.15, 0.2) is 11.6 Å². The van der Waals surface area contributed by atoms with Crippen LogP contribution in [0.3, 0.4) is 0 Å². The van der Waals surface area contributed by atoms with E-state index in [4.69, 9.17) is 9.15 Å². The summed E-state index contributed by atoms with van der Waals surface area (Å²) in [5, 5.41) is 10.3. The number of oxazole rings is 1. The zero-order valence-corrected chi connectivity index (χ0v) is 12.1. The Morgan fingerprint density at radius 3 is 2.84 bits per heavy atom. The summed E-state index contributed by atoms with van der Waals surface area (Å²) >= 11 is 0. The Bertz CT molecular complexity index is 409. The van der Waals surface area contributed by atoms with Crippen LogP contribution in [0.15, 0.2) is 10.7 Å². The highest BCUT2D eigenvalue weighted by atomic mass is 16.5. The maximum Gasteiger partial charge on any atom is 0.360 e. The minimum Gasteiger partial charge on any atom is -0.461 e. The van der Waals surface area contributed by atoms with Crippen molar-refractivity contribution < 1.29 is 19.1 Å². The maximum atomic E-state index is 11.4. The van der Waals surface area contributed by atoms with Gasteiger partial charge >= 0.3 is 5.97 Å². The lowest BCUT2D eigenvalue weighted by Crippen LogP contribution is -2.27. The van der Waals surface area contributed by atoms with Gasteiger partial charge in [-0.1, -0.05) is 13.8 Å². The second-order valence-corrected chi connectivity index (χ2v) is 5.45. The molecule has 0 aliphatic heterocycles. The summed E-state index contributed by atoms with van der Waals surface area (Å²) in [6, 6.07) is 0. The Morgan fingerprint density at radius 1 is 1.58 bits per heavy atom. The van der Waals surface area contributed by atoms with E-state index in [9.17, 15) is 9.90 Å². The fourth-order valence-corrected chi connectivity index (χ4v) is 1.70. The molecule has 19 heavy (non-hydrogen) atoms. The van der Waals surface area contributed by atoms with Gasteiger partial charge < -0.3 is 14.3 Å². The molecule has 1 aromatic rings. The van der Waals surface area contributed by atoms with Crippen LogP contribution >= 0.6 is 0 Å². The molecule has 0 amide bonds. The van der Waals surface area contributed by atoms with Gasteiger partial charge in [0.05, 0.1) is 18.6 Å². The fraction of sp³-hybridized carbons (Fsp3) is 0.714. The van der Waals surface area contributed by atoms with Crippen molar-refractivity contribution >= 4 is 5.97 Å². The first-order valence-electron chi connectivity index (χ1n) is 6.68. The third-order valence-electron chi connectivity index (χ3n) is 2.83. The van der Waals surface area contributed by atoms with Crippen LogP contribution in [-0.4, -0.2) is 28.3 Å². The van der Waals surface area contributed by atoms with Crippen molar-refractivity contribution in [1.29, 1.82) is 0 Å². The van der Waals surface area contributed by atoms with Crippen LogP contribution in [0, 0.1) is 5.92 Å². The predicted molar refractivity (Wildman–Crippen MR) is 70.9 cm³/mol. The molecule has 0 saturated carbocycles. The molecule has 0 aromatic carbocycles. The molecule has 5 nitrogen and oxygen atoms in total. The number of ether oxygens (including phenoxy) is 1. The lowest BCUT2D eigenvalue weighted by Gasteiger charge is -2.22. The first-order chi connectivity index (χ1) is 8.84. The van der Waals surface area contributed by atoms with E-state index < -0.39 is 11.6 Å². The minimum atomic E-state index is -0.874. The van der Waals surface area contributed by atoms with Gasteiger partial charge in [-0.3, -0.25) is 0 Å². The van der Waals surface area contributed by atoms with Crippen molar-refractivity contribution in [3.05, 3.63) is 17.8 Å². The van der Waals surface area contributed by atoms with Crippen LogP contribution in [0.4, 0.5) is 0 Å². The van der Waals surface area contributed by atoms with E-state index >= 15 is 0 Å². The summed E-state index contributed by atoms with van der Waals surface area (Å²) in [6.45, 7) is 8.01. The van der Waals surface area contributed by atoms with E-state index in [0.717, 1.165) is 6.42 Å². The molecule has 0 spiro atoms. The molecule has 0 fully saturated rings. The number of carbonyl (C=O) groups is 1. The zero-order valence-electron chi connectivity index (χ0n) is 12.1. The largest absolute Gasteiger partial charge is 0.461 e. The lowest BCUT2D eigenvalue weighted by atomic mass is 9.92. The van der Waals surface area contributed by atoms with E-state index in [1.165, 1.54) is 6.26 Å². The Labute approximate surface area is 114 Å². The number of aromatic nitrogens is 1. The second-order valence-electron chi connectivity index (χ2n) is 5.45. The number of aliphatic hydroxyl groups is 1. The lowest BCUT2D eigenvalue weighted by molar-refractivity contribution is 0.0393. The number of hydrogen-bond acceptors (Lipinski definition) is 5. The molecule has 0 aliphatic carbocycles. The molecule has 1 N–H and O–H groups in total. The molecule has 0 radical (unpaired) electrons. The van der Waals surface area contributed by atoms with Gasteiger partial charge in [-0.15, -0.1) is 0 Å². The third-order valence-corrected chi connectivity index (χ3v) is 2.83. The van der Waals surface area contributed by atoms with Crippen LogP contribution in [0.25, 0.3) is 0 Å². The van der Waals surface area contributed by atoms with Crippen molar-refractivity contribution in [2.75, 3.05) is 6.61 Å². The highest BCUT2D eigenvalue weighted by Crippen LogP contribution is 2.21. The third kappa shape index (κ3) is 5.42. The minimum absolute atomic E-state index is 0.150. The van der Waals surface area contributed by atoms with E-state index in [1.54, 1.807) is 13.8 Å². The van der Waals surface area contributed by atoms with Gasteiger partial charge in [0, 0.05) is 0 Å². The SMILES string of the molecule is CCOC(=O)c1coc(CC(C)(O)CCC(C)C)n1. The van der Waals surface area contributed by atoms with Gasteiger partial charge in [0.25, 0.3) is 0 Å². The zero-order chi connectivity index (χ0) is 14.5. The summed E-state index contributed by atoms with van der Waals surface area (Å²) < 4.78 is 10.0. The number of rotatable bonds is 7. The predicted octanol–water partition coefficient (Wildman–Crippen LogP) is 2.58. The summed E-state index contributed by atoms with van der Waals surface area (Å²) in [6.07, 6.45) is 3.16. The van der Waals surface area contributed by atoms with E-state index in [2.05, 4.69) is 18.8 Å². The highest BCUT2D eigenvalue weighted by Gasteiger charge is 2.25. The van der Waals surface area contributed by atoms with Crippen LogP contribution in [0.5, 0.6) is 0 Å². The summed E-state index contributed by atoms with van der Waals surface area (Å²) in [4.78, 5) is 15.5. The number of esters is 1. The van der Waals surface area contributed by atoms with Gasteiger partial charge in [0.2, 0.25) is 0 Å². The van der Waals surface area contributed by atoms with E-state index in [-0.39, 0.29) is 5.69 Å². The number of hydrogen-bond donors (Lipinski definition) is 1. The van der Waals surface area contributed by atoms with Crippen LogP contribution in [0.2, 0.25) is 0 Å². The monoisotopic (exact) mass is 269 g/mol. The standard InChI is InChI=1S/C14H23NO4/c1-5-18-13(16)11-9-19-12(15-11)8-14(4,17)7-6-10(2)3/h9-10,17H,5-8H2,1-4H3. The molecule has 1 unspecified atom stereocenters. The van der Waals surface area contributed by atoms with Crippen molar-refractivity contribution in [2.24, 2.45) is 5.92 Å². The van der Waals surface area contributed by atoms with E-state index in [1.807, 2.05) is 0 Å². The van der Waals surface area contributed by atoms with Crippen LogP contribution in [-0.2, 0) is 11.2 Å². The Hall–Kier alpha value is -1.36. The molecule has 1 aromatic heterocycles. The normalized spacial score (nSPS) is 14.4. The van der Waals surface area contributed by atoms with Crippen LogP contribution in [0.1, 0.15) is 56.9 Å². The topological polar surface area (TPSA) is 72.6 Å². The molecule has 0 saturated heterocycles. The van der Waals surface area contributed by atoms with Gasteiger partial charge in [-0.25, -0.2) is 9.78 Å². The van der Waals surface area contributed by atoms with Crippen molar-refractivity contribution in [1.82, 2.24) is 4.98 Å². The smallest absolute Gasteiger partial charge is 0.360 e. The molecule has 5 heteroatoms. The maximum absolute atomic E-state index is 11.4. The molecule has 1 heterocycles. The highest BCUT2D eigenvalue weighted by molar-refractivity contribution is 5.86. The Balaban J connectivity index is 2.59. The van der Waals surface area contributed by atoms with Crippen LogP contribution < -0.4 is 0 Å². The fourth-order valence-electron chi connectivity index (χ4n) is 1.70. The quantitative estimate of drug-likeness (QED) is 0.770.